The molecule has 1 aromatic carbocycles. The predicted octanol–water partition coefficient (Wildman–Crippen LogP) is 4.39. The Bertz CT molecular complexity index is 864. The average molecular weight is 297 g/mol. The van der Waals surface area contributed by atoms with Crippen LogP contribution in [0, 0.1) is 25.6 Å². The zero-order valence-corrected chi connectivity index (χ0v) is 12.9. The van der Waals surface area contributed by atoms with Gasteiger partial charge in [-0.15, -0.1) is 5.10 Å². The van der Waals surface area contributed by atoms with E-state index in [1.807, 2.05) is 19.1 Å². The minimum absolute atomic E-state index is 0.267. The van der Waals surface area contributed by atoms with E-state index in [-0.39, 0.29) is 4.84 Å². The number of benzene rings is 1. The minimum Gasteiger partial charge on any atom is -0.409 e. The van der Waals surface area contributed by atoms with Crippen molar-refractivity contribution >= 4 is 12.2 Å². The molecule has 21 heavy (non-hydrogen) atoms. The predicted molar refractivity (Wildman–Crippen MR) is 84.6 cm³/mol. The topological polar surface area (TPSA) is 54.7 Å². The highest BCUT2D eigenvalue weighted by atomic mass is 32.1. The van der Waals surface area contributed by atoms with Crippen molar-refractivity contribution < 1.29 is 4.42 Å². The standard InChI is InChI=1S/C16H15N3OS/c1-9-4-5-10(2)13(8-9)14-7-6-12(11(3)17-14)15-18-19-16(21)20-15/h4-8H,1-3H3,(H,19,21). The van der Waals surface area contributed by atoms with Gasteiger partial charge in [0.1, 0.15) is 0 Å². The van der Waals surface area contributed by atoms with Crippen molar-refractivity contribution in [1.82, 2.24) is 15.2 Å². The Balaban J connectivity index is 2.09. The molecule has 0 aliphatic rings. The number of aryl methyl sites for hydroxylation is 3. The van der Waals surface area contributed by atoms with Crippen molar-refractivity contribution in [2.75, 3.05) is 0 Å². The number of aromatic nitrogens is 3. The molecule has 0 radical (unpaired) electrons. The molecule has 0 amide bonds. The highest BCUT2D eigenvalue weighted by Gasteiger charge is 2.11. The molecule has 106 valence electrons. The Morgan fingerprint density at radius 2 is 1.86 bits per heavy atom. The van der Waals surface area contributed by atoms with Gasteiger partial charge in [-0.05, 0) is 56.8 Å². The van der Waals surface area contributed by atoms with Gasteiger partial charge in [0.25, 0.3) is 4.84 Å². The molecule has 0 spiro atoms. The molecular formula is C16H15N3OS. The Morgan fingerprint density at radius 3 is 2.52 bits per heavy atom. The summed E-state index contributed by atoms with van der Waals surface area (Å²) >= 11 is 4.90. The van der Waals surface area contributed by atoms with Gasteiger partial charge in [-0.3, -0.25) is 4.98 Å². The fourth-order valence-electron chi connectivity index (χ4n) is 2.29. The second-order valence-electron chi connectivity index (χ2n) is 5.07. The highest BCUT2D eigenvalue weighted by Crippen LogP contribution is 2.27. The molecule has 1 N–H and O–H groups in total. The summed E-state index contributed by atoms with van der Waals surface area (Å²) in [5, 5.41) is 6.67. The summed E-state index contributed by atoms with van der Waals surface area (Å²) in [4.78, 5) is 4.95. The first-order valence-corrected chi connectivity index (χ1v) is 7.06. The van der Waals surface area contributed by atoms with Crippen LogP contribution in [0.2, 0.25) is 0 Å². The number of H-pyrrole nitrogens is 1. The number of rotatable bonds is 2. The van der Waals surface area contributed by atoms with Crippen LogP contribution in [0.1, 0.15) is 16.8 Å². The fourth-order valence-corrected chi connectivity index (χ4v) is 2.42. The largest absolute Gasteiger partial charge is 0.409 e. The van der Waals surface area contributed by atoms with E-state index in [1.54, 1.807) is 0 Å². The molecule has 0 saturated heterocycles. The van der Waals surface area contributed by atoms with Crippen LogP contribution in [-0.4, -0.2) is 15.2 Å². The van der Waals surface area contributed by atoms with E-state index in [4.69, 9.17) is 16.6 Å². The average Bonchev–Trinajstić information content (AvgIpc) is 2.88. The van der Waals surface area contributed by atoms with Gasteiger partial charge in [-0.25, -0.2) is 5.10 Å². The summed E-state index contributed by atoms with van der Waals surface area (Å²) < 4.78 is 5.35. The highest BCUT2D eigenvalue weighted by molar-refractivity contribution is 7.71. The molecule has 0 fully saturated rings. The molecular weight excluding hydrogens is 282 g/mol. The fraction of sp³-hybridized carbons (Fsp3) is 0.188. The Morgan fingerprint density at radius 1 is 1.05 bits per heavy atom. The van der Waals surface area contributed by atoms with Crippen molar-refractivity contribution in [3.8, 4) is 22.7 Å². The molecule has 3 rings (SSSR count). The van der Waals surface area contributed by atoms with Gasteiger partial charge in [-0.2, -0.15) is 0 Å². The lowest BCUT2D eigenvalue weighted by Crippen LogP contribution is -1.93. The van der Waals surface area contributed by atoms with Gasteiger partial charge >= 0.3 is 0 Å². The minimum atomic E-state index is 0.267. The quantitative estimate of drug-likeness (QED) is 0.713. The molecule has 5 heteroatoms. The lowest BCUT2D eigenvalue weighted by molar-refractivity contribution is 0.551. The van der Waals surface area contributed by atoms with Gasteiger partial charge in [0.15, 0.2) is 0 Å². The molecule has 0 aliphatic carbocycles. The van der Waals surface area contributed by atoms with Crippen molar-refractivity contribution in [2.24, 2.45) is 0 Å². The lowest BCUT2D eigenvalue weighted by atomic mass is 10.0. The number of pyridine rings is 1. The molecule has 0 unspecified atom stereocenters. The Kier molecular flexibility index (Phi) is 3.43. The molecule has 0 atom stereocenters. The maximum atomic E-state index is 5.35. The van der Waals surface area contributed by atoms with Crippen molar-refractivity contribution in [3.63, 3.8) is 0 Å². The van der Waals surface area contributed by atoms with E-state index in [1.165, 1.54) is 11.1 Å². The molecule has 4 nitrogen and oxygen atoms in total. The number of hydrogen-bond donors (Lipinski definition) is 1. The summed E-state index contributed by atoms with van der Waals surface area (Å²) in [7, 11) is 0. The van der Waals surface area contributed by atoms with E-state index in [9.17, 15) is 0 Å². The first-order valence-electron chi connectivity index (χ1n) is 6.66. The van der Waals surface area contributed by atoms with Gasteiger partial charge in [0, 0.05) is 5.56 Å². The summed E-state index contributed by atoms with van der Waals surface area (Å²) in [6.07, 6.45) is 0. The maximum Gasteiger partial charge on any atom is 0.284 e. The second kappa shape index (κ2) is 5.26. The monoisotopic (exact) mass is 297 g/mol. The second-order valence-corrected chi connectivity index (χ2v) is 5.44. The zero-order chi connectivity index (χ0) is 15.0. The molecule has 0 aliphatic heterocycles. The van der Waals surface area contributed by atoms with Crippen LogP contribution in [0.5, 0.6) is 0 Å². The Labute approximate surface area is 127 Å². The molecule has 0 saturated carbocycles. The third-order valence-corrected chi connectivity index (χ3v) is 3.60. The number of aromatic amines is 1. The number of nitrogens with one attached hydrogen (secondary N) is 1. The third kappa shape index (κ3) is 2.64. The van der Waals surface area contributed by atoms with Gasteiger partial charge < -0.3 is 4.42 Å². The summed E-state index contributed by atoms with van der Waals surface area (Å²) in [5.41, 5.74) is 6.23. The third-order valence-electron chi connectivity index (χ3n) is 3.42. The smallest absolute Gasteiger partial charge is 0.284 e. The number of hydrogen-bond acceptors (Lipinski definition) is 4. The molecule has 3 aromatic rings. The van der Waals surface area contributed by atoms with Crippen LogP contribution in [0.25, 0.3) is 22.7 Å². The van der Waals surface area contributed by atoms with Gasteiger partial charge in [0.05, 0.1) is 17.0 Å². The maximum absolute atomic E-state index is 5.35. The lowest BCUT2D eigenvalue weighted by Gasteiger charge is -2.09. The summed E-state index contributed by atoms with van der Waals surface area (Å²) in [5.74, 6) is 0.470. The van der Waals surface area contributed by atoms with E-state index >= 15 is 0 Å². The first kappa shape index (κ1) is 13.7. The van der Waals surface area contributed by atoms with Crippen LogP contribution in [0.4, 0.5) is 0 Å². The van der Waals surface area contributed by atoms with Crippen LogP contribution in [-0.2, 0) is 0 Å². The van der Waals surface area contributed by atoms with Crippen LogP contribution >= 0.6 is 12.2 Å². The van der Waals surface area contributed by atoms with Crippen LogP contribution in [0.3, 0.4) is 0 Å². The van der Waals surface area contributed by atoms with Crippen molar-refractivity contribution in [3.05, 3.63) is 52.0 Å². The van der Waals surface area contributed by atoms with E-state index in [2.05, 4.69) is 47.2 Å². The SMILES string of the molecule is Cc1ccc(C)c(-c2ccc(-c3n[nH]c(=S)o3)c(C)n2)c1. The number of nitrogens with zero attached hydrogens (tertiary/aromatic N) is 2. The summed E-state index contributed by atoms with van der Waals surface area (Å²) in [6, 6.07) is 10.3. The first-order chi connectivity index (χ1) is 10.0. The van der Waals surface area contributed by atoms with E-state index < -0.39 is 0 Å². The molecule has 2 aromatic heterocycles. The van der Waals surface area contributed by atoms with Crippen LogP contribution in [0.15, 0.2) is 34.7 Å². The molecule has 0 bridgehead atoms. The Hall–Kier alpha value is -2.27. The molecule has 2 heterocycles. The van der Waals surface area contributed by atoms with Crippen molar-refractivity contribution in [1.29, 1.82) is 0 Å². The van der Waals surface area contributed by atoms with Gasteiger partial charge in [0.2, 0.25) is 5.89 Å². The van der Waals surface area contributed by atoms with Crippen LogP contribution < -0.4 is 0 Å². The summed E-state index contributed by atoms with van der Waals surface area (Å²) in [6.45, 7) is 6.11. The zero-order valence-electron chi connectivity index (χ0n) is 12.1. The van der Waals surface area contributed by atoms with E-state index in [0.29, 0.717) is 5.89 Å². The normalized spacial score (nSPS) is 10.8. The van der Waals surface area contributed by atoms with Crippen molar-refractivity contribution in [2.45, 2.75) is 20.8 Å². The van der Waals surface area contributed by atoms with Gasteiger partial charge in [-0.1, -0.05) is 17.7 Å². The van der Waals surface area contributed by atoms with E-state index in [0.717, 1.165) is 22.5 Å².